The molecular weight excluding hydrogens is 260 g/mol. The van der Waals surface area contributed by atoms with Gasteiger partial charge in [-0.3, -0.25) is 0 Å². The number of aliphatic carboxylic acids is 1. The van der Waals surface area contributed by atoms with Crippen molar-refractivity contribution >= 4 is 5.97 Å². The maximum atomic E-state index is 9.25. The maximum absolute atomic E-state index is 9.25. The normalized spacial score (nSPS) is 22.2. The summed E-state index contributed by atoms with van der Waals surface area (Å²) in [6, 6.07) is 0. The standard InChI is InChI=1S/C5H10O4.C3H4O2.C3H8O2/c6-1-5(2-7)3(8)4(5)9;1-2-3(4)5;4-2-1-3-5/h3-4,6-9H,1-2H2;2H,1H2,(H,4,5);4-5H,1-3H2. The lowest BCUT2D eigenvalue weighted by Crippen LogP contribution is -2.19. The van der Waals surface area contributed by atoms with Gasteiger partial charge >= 0.3 is 5.97 Å². The molecule has 1 fully saturated rings. The molecule has 1 rings (SSSR count). The molecule has 0 bridgehead atoms. The fourth-order valence-electron chi connectivity index (χ4n) is 0.943. The van der Waals surface area contributed by atoms with Gasteiger partial charge in [0, 0.05) is 19.3 Å². The van der Waals surface area contributed by atoms with E-state index >= 15 is 0 Å². The van der Waals surface area contributed by atoms with Crippen LogP contribution in [0.25, 0.3) is 0 Å². The van der Waals surface area contributed by atoms with Crippen molar-refractivity contribution in [3.63, 3.8) is 0 Å². The van der Waals surface area contributed by atoms with Crippen LogP contribution in [0.15, 0.2) is 12.7 Å². The minimum Gasteiger partial charge on any atom is -0.478 e. The van der Waals surface area contributed by atoms with Crippen molar-refractivity contribution in [2.24, 2.45) is 5.41 Å². The summed E-state index contributed by atoms with van der Waals surface area (Å²) >= 11 is 0. The first-order valence-electron chi connectivity index (χ1n) is 5.52. The summed E-state index contributed by atoms with van der Waals surface area (Å²) in [5.41, 5.74) is -1.03. The van der Waals surface area contributed by atoms with Gasteiger partial charge in [0.05, 0.1) is 30.8 Å². The average Bonchev–Trinajstić information content (AvgIpc) is 2.94. The van der Waals surface area contributed by atoms with Gasteiger partial charge in [-0.2, -0.15) is 0 Å². The third-order valence-corrected chi connectivity index (χ3v) is 2.45. The second-order valence-electron chi connectivity index (χ2n) is 3.78. The van der Waals surface area contributed by atoms with Crippen LogP contribution in [-0.4, -0.2) is 80.4 Å². The lowest BCUT2D eigenvalue weighted by atomic mass is 10.1. The predicted octanol–water partition coefficient (Wildman–Crippen LogP) is -2.69. The Labute approximate surface area is 110 Å². The van der Waals surface area contributed by atoms with E-state index in [0.717, 1.165) is 6.08 Å². The van der Waals surface area contributed by atoms with E-state index < -0.39 is 23.6 Å². The van der Waals surface area contributed by atoms with Crippen LogP contribution in [0.3, 0.4) is 0 Å². The van der Waals surface area contributed by atoms with Crippen molar-refractivity contribution < 1.29 is 40.5 Å². The van der Waals surface area contributed by atoms with Gasteiger partial charge in [-0.05, 0) is 6.42 Å². The molecule has 0 saturated heterocycles. The molecule has 0 aliphatic heterocycles. The Balaban J connectivity index is 0. The predicted molar refractivity (Wildman–Crippen MR) is 65.2 cm³/mol. The molecule has 1 aliphatic carbocycles. The van der Waals surface area contributed by atoms with Gasteiger partial charge in [-0.1, -0.05) is 6.58 Å². The summed E-state index contributed by atoms with van der Waals surface area (Å²) in [4.78, 5) is 9.25. The van der Waals surface area contributed by atoms with Gasteiger partial charge in [0.15, 0.2) is 0 Å². The molecule has 2 unspecified atom stereocenters. The van der Waals surface area contributed by atoms with Crippen molar-refractivity contribution in [2.45, 2.75) is 18.6 Å². The Morgan fingerprint density at radius 3 is 1.37 bits per heavy atom. The molecule has 0 aromatic rings. The summed E-state index contributed by atoms with van der Waals surface area (Å²) in [7, 11) is 0. The monoisotopic (exact) mass is 282 g/mol. The molecule has 0 heterocycles. The molecule has 0 radical (unpaired) electrons. The van der Waals surface area contributed by atoms with E-state index in [2.05, 4.69) is 6.58 Å². The molecule has 0 aromatic carbocycles. The van der Waals surface area contributed by atoms with E-state index in [1.165, 1.54) is 0 Å². The lowest BCUT2D eigenvalue weighted by molar-refractivity contribution is -0.131. The van der Waals surface area contributed by atoms with Crippen LogP contribution in [0.2, 0.25) is 0 Å². The van der Waals surface area contributed by atoms with Crippen LogP contribution in [-0.2, 0) is 4.79 Å². The van der Waals surface area contributed by atoms with Crippen LogP contribution >= 0.6 is 0 Å². The van der Waals surface area contributed by atoms with Crippen molar-refractivity contribution in [2.75, 3.05) is 26.4 Å². The van der Waals surface area contributed by atoms with Crippen molar-refractivity contribution in [1.29, 1.82) is 0 Å². The zero-order chi connectivity index (χ0) is 15.5. The number of aliphatic hydroxyl groups is 6. The van der Waals surface area contributed by atoms with Crippen LogP contribution in [0.1, 0.15) is 6.42 Å². The third-order valence-electron chi connectivity index (χ3n) is 2.45. The summed E-state index contributed by atoms with van der Waals surface area (Å²) < 4.78 is 0. The molecule has 2 atom stereocenters. The van der Waals surface area contributed by atoms with Gasteiger partial charge in [-0.25, -0.2) is 4.79 Å². The number of carbonyl (C=O) groups is 1. The van der Waals surface area contributed by atoms with E-state index in [9.17, 15) is 4.79 Å². The molecule has 8 nitrogen and oxygen atoms in total. The molecule has 19 heavy (non-hydrogen) atoms. The molecule has 114 valence electrons. The summed E-state index contributed by atoms with van der Waals surface area (Å²) in [6.07, 6.45) is -0.569. The van der Waals surface area contributed by atoms with Crippen LogP contribution in [0.5, 0.6) is 0 Å². The molecule has 1 aliphatic rings. The topological polar surface area (TPSA) is 159 Å². The van der Waals surface area contributed by atoms with Gasteiger partial charge in [0.25, 0.3) is 0 Å². The Hall–Kier alpha value is -1.03. The first-order chi connectivity index (χ1) is 8.87. The van der Waals surface area contributed by atoms with E-state index in [1.54, 1.807) is 0 Å². The summed E-state index contributed by atoms with van der Waals surface area (Å²) in [5, 5.41) is 58.0. The van der Waals surface area contributed by atoms with Crippen molar-refractivity contribution in [1.82, 2.24) is 0 Å². The maximum Gasteiger partial charge on any atom is 0.327 e. The highest BCUT2D eigenvalue weighted by molar-refractivity contribution is 5.78. The Morgan fingerprint density at radius 2 is 1.37 bits per heavy atom. The Morgan fingerprint density at radius 1 is 1.05 bits per heavy atom. The Bertz CT molecular complexity index is 239. The lowest BCUT2D eigenvalue weighted by Gasteiger charge is -2.05. The van der Waals surface area contributed by atoms with Gasteiger partial charge in [0.1, 0.15) is 0 Å². The molecule has 0 amide bonds. The molecule has 8 heteroatoms. The number of hydrogen-bond donors (Lipinski definition) is 7. The third kappa shape index (κ3) is 7.21. The fourth-order valence-corrected chi connectivity index (χ4v) is 0.943. The van der Waals surface area contributed by atoms with Gasteiger partial charge in [0.2, 0.25) is 0 Å². The summed E-state index contributed by atoms with van der Waals surface area (Å²) in [5.74, 6) is -0.981. The van der Waals surface area contributed by atoms with Crippen molar-refractivity contribution in [3.05, 3.63) is 12.7 Å². The highest BCUT2D eigenvalue weighted by Gasteiger charge is 2.63. The largest absolute Gasteiger partial charge is 0.478 e. The van der Waals surface area contributed by atoms with E-state index in [1.807, 2.05) is 0 Å². The van der Waals surface area contributed by atoms with Gasteiger partial charge < -0.3 is 35.7 Å². The van der Waals surface area contributed by atoms with E-state index in [-0.39, 0.29) is 26.4 Å². The zero-order valence-electron chi connectivity index (χ0n) is 10.5. The molecule has 7 N–H and O–H groups in total. The fraction of sp³-hybridized carbons (Fsp3) is 0.727. The van der Waals surface area contributed by atoms with Crippen molar-refractivity contribution in [3.8, 4) is 0 Å². The highest BCUT2D eigenvalue weighted by atomic mass is 16.4. The molecule has 0 spiro atoms. The zero-order valence-corrected chi connectivity index (χ0v) is 10.5. The van der Waals surface area contributed by atoms with Crippen LogP contribution in [0, 0.1) is 5.41 Å². The highest BCUT2D eigenvalue weighted by Crippen LogP contribution is 2.44. The van der Waals surface area contributed by atoms with E-state index in [4.69, 9.17) is 35.7 Å². The number of rotatable bonds is 5. The first-order valence-corrected chi connectivity index (χ1v) is 5.52. The Kier molecular flexibility index (Phi) is 11.6. The number of carboxylic acid groups (broad SMARTS) is 1. The minimum absolute atomic E-state index is 0.0938. The number of aliphatic hydroxyl groups excluding tert-OH is 6. The van der Waals surface area contributed by atoms with E-state index in [0.29, 0.717) is 6.42 Å². The van der Waals surface area contributed by atoms with Gasteiger partial charge in [-0.15, -0.1) is 0 Å². The molecule has 1 saturated carbocycles. The molecular formula is C11H22O8. The quantitative estimate of drug-likeness (QED) is 0.268. The second-order valence-corrected chi connectivity index (χ2v) is 3.78. The molecule has 0 aromatic heterocycles. The smallest absolute Gasteiger partial charge is 0.327 e. The second kappa shape index (κ2) is 10.9. The summed E-state index contributed by atoms with van der Waals surface area (Å²) in [6.45, 7) is 2.41. The number of carboxylic acids is 1. The minimum atomic E-state index is -1.03. The average molecular weight is 282 g/mol. The van der Waals surface area contributed by atoms with Crippen LogP contribution in [0.4, 0.5) is 0 Å². The first kappa shape index (κ1) is 20.3. The van der Waals surface area contributed by atoms with Crippen LogP contribution < -0.4 is 0 Å². The number of hydrogen-bond acceptors (Lipinski definition) is 7. The SMILES string of the molecule is C=CC(=O)O.OCC1(CO)C(O)C1O.OCCCO.